The molecule has 120 valence electrons. The van der Waals surface area contributed by atoms with E-state index in [1.54, 1.807) is 6.20 Å². The Morgan fingerprint density at radius 2 is 2.17 bits per heavy atom. The summed E-state index contributed by atoms with van der Waals surface area (Å²) < 4.78 is 2.19. The van der Waals surface area contributed by atoms with E-state index in [9.17, 15) is 5.26 Å². The fraction of sp³-hybridized carbons (Fsp3) is 0.471. The molecule has 1 aliphatic rings. The largest absolute Gasteiger partial charge is 0.353 e. The molecule has 0 saturated carbocycles. The third-order valence-corrected chi connectivity index (χ3v) is 4.46. The van der Waals surface area contributed by atoms with Crippen molar-refractivity contribution in [1.29, 1.82) is 5.26 Å². The average molecular weight is 310 g/mol. The number of anilines is 1. The van der Waals surface area contributed by atoms with Crippen LogP contribution in [0.1, 0.15) is 25.2 Å². The SMILES string of the molecule is CCn1ccnc1CN1CCN(c2ncccc2C#N)C[C@H]1C. The Balaban J connectivity index is 1.69. The lowest BCUT2D eigenvalue weighted by molar-refractivity contribution is 0.174. The molecule has 6 heteroatoms. The number of aromatic nitrogens is 3. The Morgan fingerprint density at radius 3 is 2.91 bits per heavy atom. The zero-order valence-electron chi connectivity index (χ0n) is 13.7. The van der Waals surface area contributed by atoms with Crippen LogP contribution in [0, 0.1) is 11.3 Å². The molecule has 0 aliphatic carbocycles. The fourth-order valence-corrected chi connectivity index (χ4v) is 3.12. The van der Waals surface area contributed by atoms with Crippen LogP contribution in [0.2, 0.25) is 0 Å². The van der Waals surface area contributed by atoms with Gasteiger partial charge in [0.15, 0.2) is 0 Å². The molecule has 1 aliphatic heterocycles. The summed E-state index contributed by atoms with van der Waals surface area (Å²) in [5.41, 5.74) is 0.648. The Labute approximate surface area is 137 Å². The first-order valence-electron chi connectivity index (χ1n) is 8.07. The van der Waals surface area contributed by atoms with E-state index < -0.39 is 0 Å². The zero-order valence-corrected chi connectivity index (χ0v) is 13.7. The molecular weight excluding hydrogens is 288 g/mol. The summed E-state index contributed by atoms with van der Waals surface area (Å²) >= 11 is 0. The third-order valence-electron chi connectivity index (χ3n) is 4.46. The van der Waals surface area contributed by atoms with Crippen LogP contribution in [-0.2, 0) is 13.1 Å². The monoisotopic (exact) mass is 310 g/mol. The van der Waals surface area contributed by atoms with Crippen molar-refractivity contribution in [2.24, 2.45) is 0 Å². The molecule has 0 spiro atoms. The van der Waals surface area contributed by atoms with Crippen LogP contribution in [0.3, 0.4) is 0 Å². The molecule has 0 aromatic carbocycles. The number of rotatable bonds is 4. The van der Waals surface area contributed by atoms with Crippen molar-refractivity contribution in [3.63, 3.8) is 0 Å². The lowest BCUT2D eigenvalue weighted by atomic mass is 10.1. The molecule has 0 unspecified atom stereocenters. The number of hydrogen-bond donors (Lipinski definition) is 0. The van der Waals surface area contributed by atoms with Gasteiger partial charge in [-0.05, 0) is 26.0 Å². The van der Waals surface area contributed by atoms with Crippen LogP contribution in [0.4, 0.5) is 5.82 Å². The minimum absolute atomic E-state index is 0.388. The van der Waals surface area contributed by atoms with E-state index in [-0.39, 0.29) is 0 Å². The molecule has 0 radical (unpaired) electrons. The molecule has 0 bridgehead atoms. The van der Waals surface area contributed by atoms with Gasteiger partial charge in [0.25, 0.3) is 0 Å². The highest BCUT2D eigenvalue weighted by Gasteiger charge is 2.26. The molecule has 6 nitrogen and oxygen atoms in total. The van der Waals surface area contributed by atoms with Crippen molar-refractivity contribution in [2.75, 3.05) is 24.5 Å². The number of nitrogens with zero attached hydrogens (tertiary/aromatic N) is 6. The van der Waals surface area contributed by atoms with Gasteiger partial charge >= 0.3 is 0 Å². The summed E-state index contributed by atoms with van der Waals surface area (Å²) in [7, 11) is 0. The van der Waals surface area contributed by atoms with Crippen molar-refractivity contribution in [3.05, 3.63) is 42.1 Å². The van der Waals surface area contributed by atoms with E-state index in [4.69, 9.17) is 0 Å². The van der Waals surface area contributed by atoms with E-state index in [2.05, 4.69) is 44.3 Å². The predicted molar refractivity (Wildman–Crippen MR) is 88.9 cm³/mol. The fourth-order valence-electron chi connectivity index (χ4n) is 3.12. The van der Waals surface area contributed by atoms with Crippen molar-refractivity contribution < 1.29 is 0 Å². The Kier molecular flexibility index (Phi) is 4.58. The molecule has 0 N–H and O–H groups in total. The quantitative estimate of drug-likeness (QED) is 0.863. The normalized spacial score (nSPS) is 18.8. The molecule has 3 heterocycles. The van der Waals surface area contributed by atoms with Crippen molar-refractivity contribution in [1.82, 2.24) is 19.4 Å². The summed E-state index contributed by atoms with van der Waals surface area (Å²) in [5, 5.41) is 9.26. The molecule has 1 fully saturated rings. The second kappa shape index (κ2) is 6.80. The minimum atomic E-state index is 0.388. The standard InChI is InChI=1S/C17H22N6/c1-3-21-8-7-19-16(21)13-22-9-10-23(12-14(22)2)17-15(11-18)5-4-6-20-17/h4-8,14H,3,9-10,12-13H2,1-2H3/t14-/m1/s1. The smallest absolute Gasteiger partial charge is 0.146 e. The molecule has 2 aromatic heterocycles. The van der Waals surface area contributed by atoms with E-state index in [0.29, 0.717) is 11.6 Å². The van der Waals surface area contributed by atoms with Crippen molar-refractivity contribution in [2.45, 2.75) is 33.0 Å². The van der Waals surface area contributed by atoms with Crippen molar-refractivity contribution >= 4 is 5.82 Å². The molecule has 3 rings (SSSR count). The minimum Gasteiger partial charge on any atom is -0.353 e. The van der Waals surface area contributed by atoms with Gasteiger partial charge in [0.1, 0.15) is 17.7 Å². The van der Waals surface area contributed by atoms with Gasteiger partial charge < -0.3 is 9.47 Å². The van der Waals surface area contributed by atoms with Gasteiger partial charge in [-0.25, -0.2) is 9.97 Å². The van der Waals surface area contributed by atoms with Gasteiger partial charge in [0.05, 0.1) is 12.1 Å². The van der Waals surface area contributed by atoms with E-state index >= 15 is 0 Å². The maximum Gasteiger partial charge on any atom is 0.146 e. The summed E-state index contributed by atoms with van der Waals surface area (Å²) in [6.07, 6.45) is 5.65. The second-order valence-corrected chi connectivity index (χ2v) is 5.88. The average Bonchev–Trinajstić information content (AvgIpc) is 3.04. The van der Waals surface area contributed by atoms with Crippen LogP contribution in [0.15, 0.2) is 30.7 Å². The van der Waals surface area contributed by atoms with Crippen LogP contribution in [0.5, 0.6) is 0 Å². The highest BCUT2D eigenvalue weighted by Crippen LogP contribution is 2.21. The van der Waals surface area contributed by atoms with Gasteiger partial charge in [0, 0.05) is 50.8 Å². The topological polar surface area (TPSA) is 61.0 Å². The summed E-state index contributed by atoms with van der Waals surface area (Å²) in [4.78, 5) is 13.5. The highest BCUT2D eigenvalue weighted by atomic mass is 15.3. The molecule has 23 heavy (non-hydrogen) atoms. The first-order chi connectivity index (χ1) is 11.2. The van der Waals surface area contributed by atoms with Crippen molar-refractivity contribution in [3.8, 4) is 6.07 Å². The Hall–Kier alpha value is -2.39. The molecule has 1 atom stereocenters. The van der Waals surface area contributed by atoms with Gasteiger partial charge in [-0.2, -0.15) is 5.26 Å². The van der Waals surface area contributed by atoms with Crippen LogP contribution < -0.4 is 4.90 Å². The van der Waals surface area contributed by atoms with Crippen LogP contribution in [-0.4, -0.2) is 45.1 Å². The number of piperazine rings is 1. The number of aryl methyl sites for hydroxylation is 1. The number of hydrogen-bond acceptors (Lipinski definition) is 5. The molecule has 0 amide bonds. The number of imidazole rings is 1. The van der Waals surface area contributed by atoms with Gasteiger partial charge in [-0.3, -0.25) is 4.90 Å². The highest BCUT2D eigenvalue weighted by molar-refractivity contribution is 5.53. The van der Waals surface area contributed by atoms with E-state index in [1.165, 1.54) is 0 Å². The van der Waals surface area contributed by atoms with Gasteiger partial charge in [-0.1, -0.05) is 0 Å². The Bertz CT molecular complexity index is 701. The van der Waals surface area contributed by atoms with Crippen LogP contribution in [0.25, 0.3) is 0 Å². The van der Waals surface area contributed by atoms with E-state index in [1.807, 2.05) is 24.5 Å². The number of nitriles is 1. The zero-order chi connectivity index (χ0) is 16.2. The first kappa shape index (κ1) is 15.5. The number of pyridine rings is 1. The molecule has 1 saturated heterocycles. The predicted octanol–water partition coefficient (Wildman–Crippen LogP) is 1.88. The maximum atomic E-state index is 9.26. The van der Waals surface area contributed by atoms with E-state index in [0.717, 1.165) is 44.4 Å². The lowest BCUT2D eigenvalue weighted by Crippen LogP contribution is -2.52. The first-order valence-corrected chi connectivity index (χ1v) is 8.07. The van der Waals surface area contributed by atoms with Crippen LogP contribution >= 0.6 is 0 Å². The molecule has 2 aromatic rings. The van der Waals surface area contributed by atoms with Gasteiger partial charge in [-0.15, -0.1) is 0 Å². The summed E-state index contributed by atoms with van der Waals surface area (Å²) in [6.45, 7) is 8.87. The third kappa shape index (κ3) is 3.20. The summed E-state index contributed by atoms with van der Waals surface area (Å²) in [5.74, 6) is 1.92. The molecular formula is C17H22N6. The Morgan fingerprint density at radius 1 is 1.30 bits per heavy atom. The van der Waals surface area contributed by atoms with Gasteiger partial charge in [0.2, 0.25) is 0 Å². The second-order valence-electron chi connectivity index (χ2n) is 5.88. The lowest BCUT2D eigenvalue weighted by Gasteiger charge is -2.40. The summed E-state index contributed by atoms with van der Waals surface area (Å²) in [6, 6.07) is 6.27. The maximum absolute atomic E-state index is 9.26.